The van der Waals surface area contributed by atoms with Gasteiger partial charge in [0.05, 0.1) is 11.9 Å². The number of rotatable bonds is 3. The van der Waals surface area contributed by atoms with Crippen LogP contribution in [0.15, 0.2) is 23.3 Å². The zero-order valence-corrected chi connectivity index (χ0v) is 6.00. The summed E-state index contributed by atoms with van der Waals surface area (Å²) in [5, 5.41) is 19.3. The van der Waals surface area contributed by atoms with Gasteiger partial charge >= 0.3 is 0 Å². The van der Waals surface area contributed by atoms with Crippen LogP contribution >= 0.6 is 11.6 Å². The Kier molecular flexibility index (Phi) is 3.98. The van der Waals surface area contributed by atoms with Crippen LogP contribution in [0.5, 0.6) is 0 Å². The molecule has 0 spiro atoms. The van der Waals surface area contributed by atoms with Crippen LogP contribution in [0.25, 0.3) is 0 Å². The molecule has 11 heavy (non-hydrogen) atoms. The summed E-state index contributed by atoms with van der Waals surface area (Å²) in [5.41, 5.74) is 0. The average molecular weight is 175 g/mol. The summed E-state index contributed by atoms with van der Waals surface area (Å²) >= 11 is 5.18. The number of carboxylic acid groups (broad SMARTS) is 2. The van der Waals surface area contributed by atoms with Crippen molar-refractivity contribution in [2.75, 3.05) is 0 Å². The zero-order valence-electron chi connectivity index (χ0n) is 5.24. The van der Waals surface area contributed by atoms with E-state index in [1.807, 2.05) is 0 Å². The Morgan fingerprint density at radius 2 is 1.64 bits per heavy atom. The number of carbonyl (C=O) groups is 2. The van der Waals surface area contributed by atoms with Crippen LogP contribution in [0.2, 0.25) is 0 Å². The first-order chi connectivity index (χ1) is 5.02. The van der Waals surface area contributed by atoms with Gasteiger partial charge in [-0.2, -0.15) is 0 Å². The Bertz CT molecular complexity index is 229. The van der Waals surface area contributed by atoms with Gasteiger partial charge < -0.3 is 19.8 Å². The first kappa shape index (κ1) is 9.71. The number of halogens is 1. The van der Waals surface area contributed by atoms with Gasteiger partial charge in [0.25, 0.3) is 0 Å². The third-order valence-corrected chi connectivity index (χ3v) is 0.869. The van der Waals surface area contributed by atoms with E-state index in [2.05, 4.69) is 0 Å². The third kappa shape index (κ3) is 6.60. The molecule has 60 valence electrons. The highest BCUT2D eigenvalue weighted by molar-refractivity contribution is 6.32. The summed E-state index contributed by atoms with van der Waals surface area (Å²) in [6.45, 7) is 0. The lowest BCUT2D eigenvalue weighted by atomic mass is 10.4. The molecule has 0 radical (unpaired) electrons. The molecule has 0 aliphatic rings. The van der Waals surface area contributed by atoms with Gasteiger partial charge in [0.1, 0.15) is 0 Å². The molecular weight excluding hydrogens is 172 g/mol. The molecule has 0 amide bonds. The van der Waals surface area contributed by atoms with Gasteiger partial charge in [0, 0.05) is 5.03 Å². The van der Waals surface area contributed by atoms with Gasteiger partial charge in [-0.1, -0.05) is 11.6 Å². The minimum absolute atomic E-state index is 0.241. The lowest BCUT2D eigenvalue weighted by molar-refractivity contribution is -0.299. The average Bonchev–Trinajstić information content (AvgIpc) is 1.82. The minimum Gasteiger partial charge on any atom is -0.545 e. The Morgan fingerprint density at radius 3 is 2.00 bits per heavy atom. The molecule has 0 aromatic heterocycles. The Hall–Kier alpha value is -1.29. The highest BCUT2D eigenvalue weighted by Crippen LogP contribution is 2.00. The molecule has 5 heteroatoms. The van der Waals surface area contributed by atoms with Crippen molar-refractivity contribution in [1.82, 2.24) is 0 Å². The Balaban J connectivity index is 4.17. The predicted octanol–water partition coefficient (Wildman–Crippen LogP) is -1.83. The fraction of sp³-hybridized carbons (Fsp3) is 0. The molecule has 0 rings (SSSR count). The van der Waals surface area contributed by atoms with E-state index in [0.717, 1.165) is 6.08 Å². The van der Waals surface area contributed by atoms with E-state index in [4.69, 9.17) is 11.6 Å². The lowest BCUT2D eigenvalue weighted by Crippen LogP contribution is -2.19. The Labute approximate surface area is 67.4 Å². The van der Waals surface area contributed by atoms with Gasteiger partial charge in [-0.3, -0.25) is 0 Å². The van der Waals surface area contributed by atoms with Crippen molar-refractivity contribution in [3.63, 3.8) is 0 Å². The van der Waals surface area contributed by atoms with Crippen molar-refractivity contribution in [3.05, 3.63) is 23.3 Å². The smallest absolute Gasteiger partial charge is 0.0657 e. The van der Waals surface area contributed by atoms with E-state index in [1.54, 1.807) is 0 Å². The molecule has 0 atom stereocenters. The maximum absolute atomic E-state index is 9.79. The van der Waals surface area contributed by atoms with Crippen molar-refractivity contribution in [1.29, 1.82) is 0 Å². The molecule has 0 saturated carbocycles. The van der Waals surface area contributed by atoms with Crippen LogP contribution in [-0.2, 0) is 9.59 Å². The van der Waals surface area contributed by atoms with Crippen LogP contribution in [0.3, 0.4) is 0 Å². The summed E-state index contributed by atoms with van der Waals surface area (Å²) in [4.78, 5) is 19.5. The number of hydrogen-bond donors (Lipinski definition) is 0. The van der Waals surface area contributed by atoms with Gasteiger partial charge in [-0.15, -0.1) is 0 Å². The second-order valence-electron chi connectivity index (χ2n) is 1.50. The van der Waals surface area contributed by atoms with E-state index in [1.165, 1.54) is 0 Å². The molecule has 0 fully saturated rings. The highest BCUT2D eigenvalue weighted by atomic mass is 35.5. The first-order valence-electron chi connectivity index (χ1n) is 2.49. The number of allylic oxidation sites excluding steroid dienone is 2. The lowest BCUT2D eigenvalue weighted by Gasteiger charge is -1.93. The molecule has 0 N–H and O–H groups in total. The quantitative estimate of drug-likeness (QED) is 0.372. The fourth-order valence-corrected chi connectivity index (χ4v) is 0.460. The van der Waals surface area contributed by atoms with Crippen LogP contribution in [0, 0.1) is 0 Å². The molecule has 0 aliphatic heterocycles. The van der Waals surface area contributed by atoms with Gasteiger partial charge in [0.15, 0.2) is 0 Å². The number of carboxylic acids is 2. The number of carbonyl (C=O) groups excluding carboxylic acids is 2. The summed E-state index contributed by atoms with van der Waals surface area (Å²) in [7, 11) is 0. The minimum atomic E-state index is -1.49. The van der Waals surface area contributed by atoms with Crippen molar-refractivity contribution in [2.45, 2.75) is 0 Å². The van der Waals surface area contributed by atoms with Gasteiger partial charge in [-0.25, -0.2) is 0 Å². The molecule has 0 unspecified atom stereocenters. The first-order valence-corrected chi connectivity index (χ1v) is 2.87. The van der Waals surface area contributed by atoms with Gasteiger partial charge in [-0.05, 0) is 18.2 Å². The van der Waals surface area contributed by atoms with E-state index < -0.39 is 11.9 Å². The highest BCUT2D eigenvalue weighted by Gasteiger charge is 1.83. The SMILES string of the molecule is O=C([O-])/C=C\C(Cl)=C/C(=O)[O-]. The summed E-state index contributed by atoms with van der Waals surface area (Å²) in [6, 6.07) is 0. The van der Waals surface area contributed by atoms with Crippen LogP contribution in [0.4, 0.5) is 0 Å². The van der Waals surface area contributed by atoms with Gasteiger partial charge in [0.2, 0.25) is 0 Å². The molecule has 0 aromatic carbocycles. The maximum Gasteiger partial charge on any atom is 0.0657 e. The predicted molar refractivity (Wildman–Crippen MR) is 33.1 cm³/mol. The second-order valence-corrected chi connectivity index (χ2v) is 1.94. The Morgan fingerprint density at radius 1 is 1.09 bits per heavy atom. The largest absolute Gasteiger partial charge is 0.545 e. The summed E-state index contributed by atoms with van der Waals surface area (Å²) < 4.78 is 0. The van der Waals surface area contributed by atoms with Crippen LogP contribution in [-0.4, -0.2) is 11.9 Å². The fourth-order valence-electron chi connectivity index (χ4n) is 0.308. The molecule has 0 aliphatic carbocycles. The summed E-state index contributed by atoms with van der Waals surface area (Å²) in [6.07, 6.45) is 2.05. The topological polar surface area (TPSA) is 80.3 Å². The zero-order chi connectivity index (χ0) is 8.85. The molecule has 4 nitrogen and oxygen atoms in total. The van der Waals surface area contributed by atoms with Crippen LogP contribution in [0.1, 0.15) is 0 Å². The number of hydrogen-bond acceptors (Lipinski definition) is 4. The molecular formula is C6H3ClO4-2. The maximum atomic E-state index is 9.79. The van der Waals surface area contributed by atoms with Crippen molar-refractivity contribution in [3.8, 4) is 0 Å². The monoisotopic (exact) mass is 174 g/mol. The van der Waals surface area contributed by atoms with Crippen LogP contribution < -0.4 is 10.2 Å². The van der Waals surface area contributed by atoms with E-state index in [9.17, 15) is 19.8 Å². The standard InChI is InChI=1S/C6H5ClO4/c7-4(3-6(10)11)1-2-5(8)9/h1-3H,(H,8,9)(H,10,11)/p-2/b2-1-,4-3+. The van der Waals surface area contributed by atoms with Crippen molar-refractivity contribution < 1.29 is 19.8 Å². The molecule has 0 aromatic rings. The van der Waals surface area contributed by atoms with E-state index in [-0.39, 0.29) is 5.03 Å². The number of aliphatic carboxylic acids is 2. The van der Waals surface area contributed by atoms with Crippen molar-refractivity contribution >= 4 is 23.5 Å². The third-order valence-electron chi connectivity index (χ3n) is 0.634. The molecule has 0 heterocycles. The van der Waals surface area contributed by atoms with E-state index >= 15 is 0 Å². The summed E-state index contributed by atoms with van der Waals surface area (Å²) in [5.74, 6) is -2.94. The molecule has 0 saturated heterocycles. The van der Waals surface area contributed by atoms with Crippen molar-refractivity contribution in [2.24, 2.45) is 0 Å². The normalized spacial score (nSPS) is 11.9. The second kappa shape index (κ2) is 4.51. The molecule has 0 bridgehead atoms. The van der Waals surface area contributed by atoms with E-state index in [0.29, 0.717) is 12.2 Å².